The Balaban J connectivity index is 1.67. The number of nitrogens with zero attached hydrogens (tertiary/aromatic N) is 5. The van der Waals surface area contributed by atoms with Gasteiger partial charge in [0.05, 0.1) is 50.5 Å². The van der Waals surface area contributed by atoms with Gasteiger partial charge in [0.25, 0.3) is 0 Å². The van der Waals surface area contributed by atoms with Crippen LogP contribution in [0, 0.1) is 0 Å². The van der Waals surface area contributed by atoms with Crippen LogP contribution in [0.5, 0.6) is 5.88 Å². The minimum atomic E-state index is -0.489. The number of aromatic nitrogens is 4. The number of urea groups is 1. The van der Waals surface area contributed by atoms with E-state index in [-0.39, 0.29) is 23.0 Å². The van der Waals surface area contributed by atoms with Crippen molar-refractivity contribution in [1.82, 2.24) is 19.6 Å². The molecular weight excluding hydrogens is 445 g/mol. The predicted octanol–water partition coefficient (Wildman–Crippen LogP) is 3.70. The van der Waals surface area contributed by atoms with Crippen LogP contribution in [0.3, 0.4) is 0 Å². The first kappa shape index (κ1) is 21.4. The van der Waals surface area contributed by atoms with E-state index in [9.17, 15) is 4.79 Å². The molecule has 4 rings (SSSR count). The molecule has 0 radical (unpaired) electrons. The zero-order valence-corrected chi connectivity index (χ0v) is 18.6. The maximum absolute atomic E-state index is 12.7. The van der Waals surface area contributed by atoms with Gasteiger partial charge in [-0.15, -0.1) is 0 Å². The number of fused-ring (bicyclic) bond motifs is 1. The minimum absolute atomic E-state index is 0.0468. The average Bonchev–Trinajstić information content (AvgIpc) is 3.09. The number of hydrogen-bond acceptors (Lipinski definition) is 7. The fraction of sp³-hybridized carbons (Fsp3) is 0.368. The van der Waals surface area contributed by atoms with Crippen LogP contribution in [0.2, 0.25) is 10.2 Å². The standard InChI is InChI=1S/C19H21Cl2N7O3/c1-10-8-31-9-11(2)27(10)18-14(7-22-16-5-15(21)26-28(16)18)25-19(29)24-12-4-13(20)17(30-3)23-6-12/h4-7,10-11H,8-9H2,1-3H3,(H2,24,25,29)/t10-,11-/m0/s1. The lowest BCUT2D eigenvalue weighted by Crippen LogP contribution is -2.51. The maximum Gasteiger partial charge on any atom is 0.323 e. The third kappa shape index (κ3) is 4.32. The molecule has 2 amide bonds. The molecule has 0 aromatic carbocycles. The van der Waals surface area contributed by atoms with Crippen LogP contribution in [0.1, 0.15) is 13.8 Å². The van der Waals surface area contributed by atoms with E-state index < -0.39 is 6.03 Å². The van der Waals surface area contributed by atoms with Crippen LogP contribution >= 0.6 is 23.2 Å². The molecule has 0 aliphatic carbocycles. The first-order valence-electron chi connectivity index (χ1n) is 9.55. The van der Waals surface area contributed by atoms with Crippen molar-refractivity contribution in [3.8, 4) is 5.88 Å². The van der Waals surface area contributed by atoms with Gasteiger partial charge >= 0.3 is 6.03 Å². The Morgan fingerprint density at radius 2 is 1.90 bits per heavy atom. The van der Waals surface area contributed by atoms with Gasteiger partial charge in [-0.05, 0) is 19.9 Å². The van der Waals surface area contributed by atoms with E-state index in [4.69, 9.17) is 32.7 Å². The number of halogens is 2. The quantitative estimate of drug-likeness (QED) is 0.604. The second kappa shape index (κ2) is 8.74. The smallest absolute Gasteiger partial charge is 0.323 e. The van der Waals surface area contributed by atoms with Crippen molar-refractivity contribution < 1.29 is 14.3 Å². The van der Waals surface area contributed by atoms with Gasteiger partial charge in [-0.3, -0.25) is 0 Å². The SMILES string of the molecule is COc1ncc(NC(=O)Nc2cnc3cc(Cl)nn3c2N2[C@@H](C)COC[C@@H]2C)cc1Cl. The second-order valence-corrected chi connectivity index (χ2v) is 7.96. The highest BCUT2D eigenvalue weighted by Crippen LogP contribution is 2.32. The van der Waals surface area contributed by atoms with Gasteiger partial charge < -0.3 is 25.0 Å². The van der Waals surface area contributed by atoms with Crippen molar-refractivity contribution in [2.75, 3.05) is 35.9 Å². The summed E-state index contributed by atoms with van der Waals surface area (Å²) in [5, 5.41) is 10.5. The van der Waals surface area contributed by atoms with E-state index in [0.717, 1.165) is 0 Å². The number of methoxy groups -OCH3 is 1. The molecule has 1 aliphatic rings. The highest BCUT2D eigenvalue weighted by Gasteiger charge is 2.30. The lowest BCUT2D eigenvalue weighted by molar-refractivity contribution is 0.0750. The van der Waals surface area contributed by atoms with Gasteiger partial charge in [-0.1, -0.05) is 23.2 Å². The van der Waals surface area contributed by atoms with E-state index in [1.807, 2.05) is 13.8 Å². The number of rotatable bonds is 4. The zero-order chi connectivity index (χ0) is 22.1. The van der Waals surface area contributed by atoms with Crippen molar-refractivity contribution in [3.63, 3.8) is 0 Å². The van der Waals surface area contributed by atoms with E-state index in [2.05, 4.69) is 30.6 Å². The Labute approximate surface area is 188 Å². The summed E-state index contributed by atoms with van der Waals surface area (Å²) in [4.78, 5) is 23.3. The van der Waals surface area contributed by atoms with Crippen LogP contribution in [0.15, 0.2) is 24.5 Å². The number of amides is 2. The Morgan fingerprint density at radius 3 is 2.58 bits per heavy atom. The number of morpholine rings is 1. The second-order valence-electron chi connectivity index (χ2n) is 7.17. The topological polar surface area (TPSA) is 106 Å². The molecule has 3 aromatic rings. The molecule has 3 aromatic heterocycles. The third-order valence-electron chi connectivity index (χ3n) is 4.85. The van der Waals surface area contributed by atoms with Crippen molar-refractivity contribution in [3.05, 3.63) is 34.7 Å². The summed E-state index contributed by atoms with van der Waals surface area (Å²) in [6.45, 7) is 5.18. The molecule has 2 N–H and O–H groups in total. The molecule has 1 saturated heterocycles. The Hall–Kier alpha value is -2.82. The summed E-state index contributed by atoms with van der Waals surface area (Å²) in [6.07, 6.45) is 3.03. The van der Waals surface area contributed by atoms with Gasteiger partial charge in [0, 0.05) is 6.07 Å². The fourth-order valence-electron chi connectivity index (χ4n) is 3.58. The number of anilines is 3. The summed E-state index contributed by atoms with van der Waals surface area (Å²) in [6, 6.07) is 2.82. The normalized spacial score (nSPS) is 18.8. The molecule has 4 heterocycles. The molecule has 2 atom stereocenters. The van der Waals surface area contributed by atoms with Gasteiger partial charge in [-0.2, -0.15) is 9.61 Å². The van der Waals surface area contributed by atoms with Crippen LogP contribution in [0.25, 0.3) is 5.65 Å². The summed E-state index contributed by atoms with van der Waals surface area (Å²) in [5.74, 6) is 0.941. The molecule has 0 saturated carbocycles. The van der Waals surface area contributed by atoms with Crippen LogP contribution in [-0.4, -0.2) is 58.0 Å². The summed E-state index contributed by atoms with van der Waals surface area (Å²) in [7, 11) is 1.47. The molecule has 1 fully saturated rings. The summed E-state index contributed by atoms with van der Waals surface area (Å²) < 4.78 is 12.3. The first-order chi connectivity index (χ1) is 14.9. The zero-order valence-electron chi connectivity index (χ0n) is 17.1. The molecule has 0 bridgehead atoms. The minimum Gasteiger partial charge on any atom is -0.480 e. The Bertz CT molecular complexity index is 1110. The van der Waals surface area contributed by atoms with Crippen molar-refractivity contribution in [1.29, 1.82) is 0 Å². The highest BCUT2D eigenvalue weighted by molar-refractivity contribution is 6.32. The molecular formula is C19H21Cl2N7O3. The van der Waals surface area contributed by atoms with Gasteiger partial charge in [0.1, 0.15) is 10.7 Å². The first-order valence-corrected chi connectivity index (χ1v) is 10.3. The van der Waals surface area contributed by atoms with E-state index >= 15 is 0 Å². The number of ether oxygens (including phenoxy) is 2. The predicted molar refractivity (Wildman–Crippen MR) is 119 cm³/mol. The van der Waals surface area contributed by atoms with Crippen molar-refractivity contribution >= 4 is 52.1 Å². The van der Waals surface area contributed by atoms with Crippen LogP contribution in [-0.2, 0) is 4.74 Å². The molecule has 0 spiro atoms. The van der Waals surface area contributed by atoms with E-state index in [1.54, 1.807) is 22.8 Å². The molecule has 10 nitrogen and oxygen atoms in total. The molecule has 12 heteroatoms. The molecule has 0 unspecified atom stereocenters. The van der Waals surface area contributed by atoms with Gasteiger partial charge in [0.2, 0.25) is 5.88 Å². The Morgan fingerprint density at radius 1 is 1.16 bits per heavy atom. The Kier molecular flexibility index (Phi) is 6.03. The number of carbonyl (C=O) groups is 1. The molecule has 164 valence electrons. The van der Waals surface area contributed by atoms with Crippen molar-refractivity contribution in [2.24, 2.45) is 0 Å². The summed E-state index contributed by atoms with van der Waals surface area (Å²) in [5.41, 5.74) is 1.45. The molecule has 31 heavy (non-hydrogen) atoms. The number of hydrogen-bond donors (Lipinski definition) is 2. The van der Waals surface area contributed by atoms with Crippen LogP contribution < -0.4 is 20.3 Å². The number of carbonyl (C=O) groups excluding carboxylic acids is 1. The maximum atomic E-state index is 12.7. The lowest BCUT2D eigenvalue weighted by Gasteiger charge is -2.41. The third-order valence-corrected chi connectivity index (χ3v) is 5.30. The van der Waals surface area contributed by atoms with E-state index in [1.165, 1.54) is 13.3 Å². The monoisotopic (exact) mass is 465 g/mol. The van der Waals surface area contributed by atoms with Gasteiger partial charge in [0.15, 0.2) is 16.6 Å². The van der Waals surface area contributed by atoms with Crippen molar-refractivity contribution in [2.45, 2.75) is 25.9 Å². The lowest BCUT2D eigenvalue weighted by atomic mass is 10.1. The van der Waals surface area contributed by atoms with E-state index in [0.29, 0.717) is 41.2 Å². The number of pyridine rings is 1. The number of nitrogens with one attached hydrogen (secondary N) is 2. The van der Waals surface area contributed by atoms with Crippen LogP contribution in [0.4, 0.5) is 22.0 Å². The largest absolute Gasteiger partial charge is 0.480 e. The van der Waals surface area contributed by atoms with Gasteiger partial charge in [-0.25, -0.2) is 14.8 Å². The fourth-order valence-corrected chi connectivity index (χ4v) is 4.00. The highest BCUT2D eigenvalue weighted by atomic mass is 35.5. The summed E-state index contributed by atoms with van der Waals surface area (Å²) >= 11 is 12.2. The average molecular weight is 466 g/mol. The molecule has 1 aliphatic heterocycles.